The highest BCUT2D eigenvalue weighted by atomic mass is 79.9. The van der Waals surface area contributed by atoms with Gasteiger partial charge in [0.1, 0.15) is 5.82 Å². The van der Waals surface area contributed by atoms with Gasteiger partial charge in [-0.1, -0.05) is 33.6 Å². The molecule has 1 heterocycles. The number of imidazole rings is 1. The van der Waals surface area contributed by atoms with E-state index < -0.39 is 0 Å². The van der Waals surface area contributed by atoms with Crippen LogP contribution in [0, 0.1) is 13.8 Å². The lowest BCUT2D eigenvalue weighted by Gasteiger charge is -2.05. The first-order valence-corrected chi connectivity index (χ1v) is 7.86. The molecule has 0 radical (unpaired) electrons. The van der Waals surface area contributed by atoms with Gasteiger partial charge in [0, 0.05) is 23.1 Å². The van der Waals surface area contributed by atoms with Gasteiger partial charge in [-0.15, -0.1) is 0 Å². The maximum Gasteiger partial charge on any atom is 0.109 e. The number of aryl methyl sites for hydroxylation is 2. The summed E-state index contributed by atoms with van der Waals surface area (Å²) in [4.78, 5) is 8.07. The zero-order valence-corrected chi connectivity index (χ0v) is 13.8. The van der Waals surface area contributed by atoms with Crippen LogP contribution in [-0.2, 0) is 6.42 Å². The highest BCUT2D eigenvalue weighted by molar-refractivity contribution is 9.10. The molecule has 2 N–H and O–H groups in total. The number of rotatable bonds is 4. The number of hydrogen-bond acceptors (Lipinski definition) is 2. The van der Waals surface area contributed by atoms with Gasteiger partial charge in [-0.2, -0.15) is 0 Å². The van der Waals surface area contributed by atoms with Crippen molar-refractivity contribution in [2.75, 3.05) is 11.9 Å². The number of nitrogens with one attached hydrogen (secondary N) is 2. The smallest absolute Gasteiger partial charge is 0.109 e. The fourth-order valence-electron chi connectivity index (χ4n) is 2.41. The van der Waals surface area contributed by atoms with E-state index in [9.17, 15) is 0 Å². The van der Waals surface area contributed by atoms with Crippen LogP contribution in [0.15, 0.2) is 40.9 Å². The fourth-order valence-corrected chi connectivity index (χ4v) is 2.98. The number of hydrogen-bond donors (Lipinski definition) is 2. The molecule has 0 aliphatic carbocycles. The summed E-state index contributed by atoms with van der Waals surface area (Å²) in [6.07, 6.45) is 0.875. The second kappa shape index (κ2) is 5.90. The van der Waals surface area contributed by atoms with Crippen molar-refractivity contribution in [1.29, 1.82) is 0 Å². The first kappa shape index (κ1) is 14.1. The summed E-state index contributed by atoms with van der Waals surface area (Å²) in [5, 5.41) is 3.42. The Morgan fingerprint density at radius 2 is 1.90 bits per heavy atom. The summed E-state index contributed by atoms with van der Waals surface area (Å²) >= 11 is 3.52. The van der Waals surface area contributed by atoms with E-state index in [4.69, 9.17) is 0 Å². The Morgan fingerprint density at radius 3 is 2.67 bits per heavy atom. The lowest BCUT2D eigenvalue weighted by Crippen LogP contribution is -2.05. The molecule has 0 saturated carbocycles. The van der Waals surface area contributed by atoms with Crippen LogP contribution in [0.4, 0.5) is 5.69 Å². The molecule has 0 aliphatic rings. The normalized spacial score (nSPS) is 11.0. The average Bonchev–Trinajstić information content (AvgIpc) is 2.84. The standard InChI is InChI=1S/C17H18BrN3/c1-11-3-5-14(6-4-11)19-8-7-16-20-15-10-13(18)9-12(2)17(15)21-16/h3-6,9-10,19H,7-8H2,1-2H3,(H,20,21). The molecule has 0 spiro atoms. The molecule has 0 saturated heterocycles. The molecule has 3 nitrogen and oxygen atoms in total. The van der Waals surface area contributed by atoms with Crippen LogP contribution in [0.2, 0.25) is 0 Å². The van der Waals surface area contributed by atoms with Crippen molar-refractivity contribution in [3.63, 3.8) is 0 Å². The predicted molar refractivity (Wildman–Crippen MR) is 91.9 cm³/mol. The number of aromatic nitrogens is 2. The second-order valence-electron chi connectivity index (χ2n) is 5.35. The van der Waals surface area contributed by atoms with Gasteiger partial charge in [-0.3, -0.25) is 0 Å². The van der Waals surface area contributed by atoms with Crippen molar-refractivity contribution < 1.29 is 0 Å². The summed E-state index contributed by atoms with van der Waals surface area (Å²) in [6.45, 7) is 5.05. The minimum atomic E-state index is 0.864. The van der Waals surface area contributed by atoms with Crippen LogP contribution >= 0.6 is 15.9 Å². The largest absolute Gasteiger partial charge is 0.385 e. The number of nitrogens with zero attached hydrogens (tertiary/aromatic N) is 1. The SMILES string of the molecule is Cc1ccc(NCCc2nc3c(C)cc(Br)cc3[nH]2)cc1. The molecule has 108 valence electrons. The third kappa shape index (κ3) is 3.27. The first-order valence-electron chi connectivity index (χ1n) is 7.07. The molecule has 4 heteroatoms. The Kier molecular flexibility index (Phi) is 3.97. The van der Waals surface area contributed by atoms with Crippen molar-refractivity contribution >= 4 is 32.7 Å². The third-order valence-electron chi connectivity index (χ3n) is 3.53. The van der Waals surface area contributed by atoms with Gasteiger partial charge in [0.2, 0.25) is 0 Å². The summed E-state index contributed by atoms with van der Waals surface area (Å²) in [5.41, 5.74) is 5.76. The van der Waals surface area contributed by atoms with E-state index in [1.54, 1.807) is 0 Å². The maximum atomic E-state index is 4.68. The Balaban J connectivity index is 1.68. The fraction of sp³-hybridized carbons (Fsp3) is 0.235. The molecule has 0 fully saturated rings. The molecule has 21 heavy (non-hydrogen) atoms. The van der Waals surface area contributed by atoms with Gasteiger partial charge in [0.25, 0.3) is 0 Å². The minimum absolute atomic E-state index is 0.864. The molecule has 2 aromatic carbocycles. The lowest BCUT2D eigenvalue weighted by molar-refractivity contribution is 0.934. The molecule has 0 aliphatic heterocycles. The van der Waals surface area contributed by atoms with Gasteiger partial charge in [0.05, 0.1) is 11.0 Å². The van der Waals surface area contributed by atoms with E-state index in [-0.39, 0.29) is 0 Å². The highest BCUT2D eigenvalue weighted by Gasteiger charge is 2.06. The Morgan fingerprint density at radius 1 is 1.14 bits per heavy atom. The van der Waals surface area contributed by atoms with Crippen LogP contribution < -0.4 is 5.32 Å². The van der Waals surface area contributed by atoms with Crippen LogP contribution in [0.1, 0.15) is 17.0 Å². The van der Waals surface area contributed by atoms with Crippen molar-refractivity contribution in [2.45, 2.75) is 20.3 Å². The number of fused-ring (bicyclic) bond motifs is 1. The van der Waals surface area contributed by atoms with E-state index in [2.05, 4.69) is 81.5 Å². The lowest BCUT2D eigenvalue weighted by atomic mass is 10.2. The molecule has 0 bridgehead atoms. The quantitative estimate of drug-likeness (QED) is 0.726. The van der Waals surface area contributed by atoms with Crippen molar-refractivity contribution in [2.24, 2.45) is 0 Å². The minimum Gasteiger partial charge on any atom is -0.385 e. The maximum absolute atomic E-state index is 4.68. The first-order chi connectivity index (χ1) is 10.1. The van der Waals surface area contributed by atoms with Gasteiger partial charge in [0.15, 0.2) is 0 Å². The Hall–Kier alpha value is -1.81. The van der Waals surface area contributed by atoms with Gasteiger partial charge < -0.3 is 10.3 Å². The Bertz CT molecular complexity index is 760. The summed E-state index contributed by atoms with van der Waals surface area (Å²) in [6, 6.07) is 12.6. The van der Waals surface area contributed by atoms with Crippen LogP contribution in [0.25, 0.3) is 11.0 Å². The van der Waals surface area contributed by atoms with E-state index in [0.29, 0.717) is 0 Å². The van der Waals surface area contributed by atoms with Gasteiger partial charge in [-0.25, -0.2) is 4.98 Å². The summed E-state index contributed by atoms with van der Waals surface area (Å²) in [7, 11) is 0. The zero-order chi connectivity index (χ0) is 14.8. The van der Waals surface area contributed by atoms with Crippen molar-refractivity contribution in [3.05, 3.63) is 57.8 Å². The molecule has 0 amide bonds. The highest BCUT2D eigenvalue weighted by Crippen LogP contribution is 2.22. The molecule has 3 aromatic rings. The molecule has 0 unspecified atom stereocenters. The van der Waals surface area contributed by atoms with Gasteiger partial charge in [-0.05, 0) is 43.7 Å². The monoisotopic (exact) mass is 343 g/mol. The number of benzene rings is 2. The average molecular weight is 344 g/mol. The number of anilines is 1. The van der Waals surface area contributed by atoms with Gasteiger partial charge >= 0.3 is 0 Å². The molecule has 0 atom stereocenters. The number of H-pyrrole nitrogens is 1. The topological polar surface area (TPSA) is 40.7 Å². The van der Waals surface area contributed by atoms with E-state index in [0.717, 1.165) is 40.0 Å². The zero-order valence-electron chi connectivity index (χ0n) is 12.2. The summed E-state index contributed by atoms with van der Waals surface area (Å²) < 4.78 is 1.08. The van der Waals surface area contributed by atoms with Crippen molar-refractivity contribution in [3.8, 4) is 0 Å². The van der Waals surface area contributed by atoms with Crippen molar-refractivity contribution in [1.82, 2.24) is 9.97 Å². The molecule has 3 rings (SSSR count). The van der Waals surface area contributed by atoms with Crippen LogP contribution in [0.3, 0.4) is 0 Å². The van der Waals surface area contributed by atoms with E-state index in [1.807, 2.05) is 0 Å². The molecular formula is C17H18BrN3. The Labute approximate surface area is 132 Å². The second-order valence-corrected chi connectivity index (χ2v) is 6.26. The molecule has 1 aromatic heterocycles. The summed E-state index contributed by atoms with van der Waals surface area (Å²) in [5.74, 6) is 1.02. The van der Waals surface area contributed by atoms with E-state index in [1.165, 1.54) is 11.1 Å². The number of aromatic amines is 1. The van der Waals surface area contributed by atoms with Crippen LogP contribution in [0.5, 0.6) is 0 Å². The third-order valence-corrected chi connectivity index (χ3v) is 3.99. The van der Waals surface area contributed by atoms with Crippen LogP contribution in [-0.4, -0.2) is 16.5 Å². The van der Waals surface area contributed by atoms with E-state index >= 15 is 0 Å². The predicted octanol–water partition coefficient (Wildman–Crippen LogP) is 4.60. The molecular weight excluding hydrogens is 326 g/mol. The number of halogens is 1.